The molecule has 6 heteroatoms. The molecular weight excluding hydrogens is 402 g/mol. The van der Waals surface area contributed by atoms with E-state index in [1.807, 2.05) is 6.07 Å². The summed E-state index contributed by atoms with van der Waals surface area (Å²) in [7, 11) is 0. The van der Waals surface area contributed by atoms with Crippen LogP contribution in [0, 0.1) is 11.3 Å². The van der Waals surface area contributed by atoms with Gasteiger partial charge in [0.2, 0.25) is 5.78 Å². The predicted octanol–water partition coefficient (Wildman–Crippen LogP) is 5.96. The number of furan rings is 1. The molecule has 0 bridgehead atoms. The molecule has 0 atom stereocenters. The number of esters is 1. The highest BCUT2D eigenvalue weighted by molar-refractivity contribution is 6.31. The third kappa shape index (κ3) is 4.86. The molecule has 0 aliphatic rings. The fourth-order valence-electron chi connectivity index (χ4n) is 2.79. The number of nitriles is 1. The number of halogens is 1. The van der Waals surface area contributed by atoms with Crippen LogP contribution in [0.3, 0.4) is 0 Å². The van der Waals surface area contributed by atoms with E-state index >= 15 is 0 Å². The van der Waals surface area contributed by atoms with E-state index in [2.05, 4.69) is 0 Å². The van der Waals surface area contributed by atoms with Crippen molar-refractivity contribution < 1.29 is 18.7 Å². The van der Waals surface area contributed by atoms with Crippen LogP contribution in [0.5, 0.6) is 0 Å². The van der Waals surface area contributed by atoms with Gasteiger partial charge in [-0.05, 0) is 44.2 Å². The zero-order chi connectivity index (χ0) is 21.7. The molecule has 3 rings (SSSR count). The predicted molar refractivity (Wildman–Crippen MR) is 114 cm³/mol. The molecule has 0 aliphatic carbocycles. The number of ether oxygens (including phenoxy) is 1. The van der Waals surface area contributed by atoms with Crippen molar-refractivity contribution in [3.05, 3.63) is 88.1 Å². The molecule has 30 heavy (non-hydrogen) atoms. The first-order valence-corrected chi connectivity index (χ1v) is 9.59. The maximum Gasteiger partial charge on any atom is 0.339 e. The Morgan fingerprint density at radius 1 is 1.10 bits per heavy atom. The number of carbonyl (C=O) groups is 2. The van der Waals surface area contributed by atoms with Crippen LogP contribution in [-0.4, -0.2) is 17.9 Å². The quantitative estimate of drug-likeness (QED) is 0.213. The van der Waals surface area contributed by atoms with E-state index in [-0.39, 0.29) is 11.7 Å². The van der Waals surface area contributed by atoms with Crippen molar-refractivity contribution in [3.63, 3.8) is 0 Å². The first-order valence-electron chi connectivity index (χ1n) is 9.21. The van der Waals surface area contributed by atoms with Crippen molar-refractivity contribution in [3.8, 4) is 17.4 Å². The van der Waals surface area contributed by atoms with Crippen LogP contribution in [0.4, 0.5) is 0 Å². The minimum Gasteiger partial charge on any atom is -0.459 e. The Bertz CT molecular complexity index is 1150. The van der Waals surface area contributed by atoms with Crippen LogP contribution in [0.2, 0.25) is 5.02 Å². The second-order valence-electron chi connectivity index (χ2n) is 6.71. The number of benzene rings is 2. The number of nitrogens with zero attached hydrogens (tertiary/aromatic N) is 1. The molecule has 1 aromatic heterocycles. The van der Waals surface area contributed by atoms with Crippen LogP contribution < -0.4 is 0 Å². The Kier molecular flexibility index (Phi) is 6.51. The maximum absolute atomic E-state index is 12.5. The molecule has 150 valence electrons. The van der Waals surface area contributed by atoms with Crippen LogP contribution in [-0.2, 0) is 4.74 Å². The number of rotatable bonds is 6. The Labute approximate surface area is 179 Å². The highest BCUT2D eigenvalue weighted by atomic mass is 35.5. The van der Waals surface area contributed by atoms with E-state index in [4.69, 9.17) is 20.8 Å². The molecule has 0 aliphatic heterocycles. The first kappa shape index (κ1) is 21.1. The third-order valence-corrected chi connectivity index (χ3v) is 4.36. The summed E-state index contributed by atoms with van der Waals surface area (Å²) in [6.07, 6.45) is 1.09. The normalized spacial score (nSPS) is 11.2. The lowest BCUT2D eigenvalue weighted by atomic mass is 10.0. The highest BCUT2D eigenvalue weighted by Gasteiger charge is 2.19. The van der Waals surface area contributed by atoms with Gasteiger partial charge in [0.05, 0.1) is 11.7 Å². The third-order valence-electron chi connectivity index (χ3n) is 4.12. The number of Topliss-reactive ketones (excluding diaryl/α,β-unsaturated/α-hetero) is 1. The fourth-order valence-corrected chi connectivity index (χ4v) is 2.96. The van der Waals surface area contributed by atoms with Gasteiger partial charge in [-0.3, -0.25) is 4.79 Å². The molecule has 1 heterocycles. The SMILES string of the molecule is CC(C)OC(=O)c1ccc(Cl)cc1-c1ccc(/C=C(/C#N)C(=O)c2ccccc2)o1. The summed E-state index contributed by atoms with van der Waals surface area (Å²) >= 11 is 6.11. The van der Waals surface area contributed by atoms with Gasteiger partial charge < -0.3 is 9.15 Å². The summed E-state index contributed by atoms with van der Waals surface area (Å²) in [4.78, 5) is 25.0. The van der Waals surface area contributed by atoms with Crippen molar-refractivity contribution >= 4 is 29.4 Å². The fraction of sp³-hybridized carbons (Fsp3) is 0.125. The molecule has 0 N–H and O–H groups in total. The van der Waals surface area contributed by atoms with Gasteiger partial charge in [-0.2, -0.15) is 5.26 Å². The monoisotopic (exact) mass is 419 g/mol. The summed E-state index contributed by atoms with van der Waals surface area (Å²) in [6, 6.07) is 18.5. The summed E-state index contributed by atoms with van der Waals surface area (Å²) in [6.45, 7) is 3.52. The summed E-state index contributed by atoms with van der Waals surface area (Å²) in [5.74, 6) is -0.236. The lowest BCUT2D eigenvalue weighted by molar-refractivity contribution is 0.0378. The van der Waals surface area contributed by atoms with E-state index in [0.29, 0.717) is 33.2 Å². The second kappa shape index (κ2) is 9.25. The number of allylic oxidation sites excluding steroid dienone is 1. The first-order chi connectivity index (χ1) is 14.4. The van der Waals surface area contributed by atoms with Gasteiger partial charge in [0.15, 0.2) is 0 Å². The number of hydrogen-bond donors (Lipinski definition) is 0. The van der Waals surface area contributed by atoms with Gasteiger partial charge in [0, 0.05) is 22.2 Å². The van der Waals surface area contributed by atoms with Crippen molar-refractivity contribution in [1.82, 2.24) is 0 Å². The van der Waals surface area contributed by atoms with Crippen molar-refractivity contribution in [2.24, 2.45) is 0 Å². The lowest BCUT2D eigenvalue weighted by Crippen LogP contribution is -2.12. The summed E-state index contributed by atoms with van der Waals surface area (Å²) in [5.41, 5.74) is 1.11. The smallest absolute Gasteiger partial charge is 0.339 e. The largest absolute Gasteiger partial charge is 0.459 e. The molecule has 0 spiro atoms. The summed E-state index contributed by atoms with van der Waals surface area (Å²) < 4.78 is 11.1. The topological polar surface area (TPSA) is 80.3 Å². The minimum absolute atomic E-state index is 0.0624. The van der Waals surface area contributed by atoms with Crippen molar-refractivity contribution in [2.75, 3.05) is 0 Å². The molecule has 0 saturated carbocycles. The molecular formula is C24H18ClNO4. The molecule has 0 amide bonds. The number of hydrogen-bond acceptors (Lipinski definition) is 5. The summed E-state index contributed by atoms with van der Waals surface area (Å²) in [5, 5.41) is 9.85. The molecule has 0 unspecified atom stereocenters. The van der Waals surface area contributed by atoms with Gasteiger partial charge in [-0.25, -0.2) is 4.79 Å². The number of carbonyl (C=O) groups excluding carboxylic acids is 2. The van der Waals surface area contributed by atoms with E-state index in [0.717, 1.165) is 0 Å². The van der Waals surface area contributed by atoms with Crippen molar-refractivity contribution in [2.45, 2.75) is 20.0 Å². The molecule has 0 saturated heterocycles. The van der Waals surface area contributed by atoms with E-state index in [9.17, 15) is 14.9 Å². The molecule has 3 aromatic rings. The number of ketones is 1. The van der Waals surface area contributed by atoms with E-state index in [1.54, 1.807) is 74.5 Å². The standard InChI is InChI=1S/C24H18ClNO4/c1-15(2)29-24(28)20-10-8-18(25)13-21(20)22-11-9-19(30-22)12-17(14-26)23(27)16-6-4-3-5-7-16/h3-13,15H,1-2H3/b17-12-. The highest BCUT2D eigenvalue weighted by Crippen LogP contribution is 2.30. The maximum atomic E-state index is 12.5. The molecule has 5 nitrogen and oxygen atoms in total. The molecule has 0 radical (unpaired) electrons. The van der Waals surface area contributed by atoms with Crippen LogP contribution in [0.25, 0.3) is 17.4 Å². The Balaban J connectivity index is 1.96. The minimum atomic E-state index is -0.498. The zero-order valence-electron chi connectivity index (χ0n) is 16.4. The van der Waals surface area contributed by atoms with E-state index in [1.165, 1.54) is 6.08 Å². The van der Waals surface area contributed by atoms with Crippen LogP contribution in [0.15, 0.2) is 70.7 Å². The van der Waals surface area contributed by atoms with Gasteiger partial charge in [0.1, 0.15) is 23.2 Å². The van der Waals surface area contributed by atoms with Crippen molar-refractivity contribution in [1.29, 1.82) is 5.26 Å². The molecule has 2 aromatic carbocycles. The average Bonchev–Trinajstić information content (AvgIpc) is 3.20. The van der Waals surface area contributed by atoms with Crippen LogP contribution in [0.1, 0.15) is 40.3 Å². The average molecular weight is 420 g/mol. The Morgan fingerprint density at radius 3 is 2.50 bits per heavy atom. The van der Waals surface area contributed by atoms with Gasteiger partial charge in [0.25, 0.3) is 0 Å². The Hall–Kier alpha value is -3.62. The lowest BCUT2D eigenvalue weighted by Gasteiger charge is -2.11. The van der Waals surface area contributed by atoms with Gasteiger partial charge >= 0.3 is 5.97 Å². The zero-order valence-corrected chi connectivity index (χ0v) is 17.1. The molecule has 0 fully saturated rings. The van der Waals surface area contributed by atoms with Gasteiger partial charge in [-0.1, -0.05) is 41.9 Å². The van der Waals surface area contributed by atoms with E-state index < -0.39 is 11.8 Å². The Morgan fingerprint density at radius 2 is 1.83 bits per heavy atom. The van der Waals surface area contributed by atoms with Gasteiger partial charge in [-0.15, -0.1) is 0 Å². The second-order valence-corrected chi connectivity index (χ2v) is 7.15. The van der Waals surface area contributed by atoms with Crippen LogP contribution >= 0.6 is 11.6 Å².